The summed E-state index contributed by atoms with van der Waals surface area (Å²) in [6.07, 6.45) is 3.42. The first-order valence-corrected chi connectivity index (χ1v) is 7.57. The summed E-state index contributed by atoms with van der Waals surface area (Å²) in [5.74, 6) is -0.960. The lowest BCUT2D eigenvalue weighted by molar-refractivity contribution is -0.145. The standard InChI is InChI=1S/C14H26N2O5/c1-2-3-9-20-10-6-15-14(19)16-7-4-12(5-8-16)21-11-13(17)18/h12H,2-11H2,1H3,(H,15,19)(H,17,18). The van der Waals surface area contributed by atoms with Crippen LogP contribution in [0.3, 0.4) is 0 Å². The zero-order valence-electron chi connectivity index (χ0n) is 12.7. The van der Waals surface area contributed by atoms with E-state index in [1.165, 1.54) is 0 Å². The molecular weight excluding hydrogens is 276 g/mol. The number of ether oxygens (including phenoxy) is 2. The van der Waals surface area contributed by atoms with Crippen molar-refractivity contribution in [3.05, 3.63) is 0 Å². The van der Waals surface area contributed by atoms with Gasteiger partial charge in [0.2, 0.25) is 0 Å². The number of carboxylic acid groups (broad SMARTS) is 1. The van der Waals surface area contributed by atoms with Crippen LogP contribution in [0.1, 0.15) is 32.6 Å². The fraction of sp³-hybridized carbons (Fsp3) is 0.857. The van der Waals surface area contributed by atoms with Gasteiger partial charge in [-0.3, -0.25) is 0 Å². The van der Waals surface area contributed by atoms with Gasteiger partial charge in [0, 0.05) is 26.2 Å². The molecule has 0 aromatic heterocycles. The lowest BCUT2D eigenvalue weighted by Gasteiger charge is -2.31. The van der Waals surface area contributed by atoms with Gasteiger partial charge in [0.15, 0.2) is 0 Å². The van der Waals surface area contributed by atoms with Crippen LogP contribution in [0.5, 0.6) is 0 Å². The van der Waals surface area contributed by atoms with Crippen LogP contribution < -0.4 is 5.32 Å². The molecule has 2 amide bonds. The number of nitrogens with one attached hydrogen (secondary N) is 1. The Labute approximate surface area is 125 Å². The third-order valence-electron chi connectivity index (χ3n) is 3.34. The summed E-state index contributed by atoms with van der Waals surface area (Å²) in [7, 11) is 0. The maximum Gasteiger partial charge on any atom is 0.329 e. The van der Waals surface area contributed by atoms with Gasteiger partial charge >= 0.3 is 12.0 Å². The highest BCUT2D eigenvalue weighted by molar-refractivity contribution is 5.74. The van der Waals surface area contributed by atoms with Crippen LogP contribution in [0.15, 0.2) is 0 Å². The normalized spacial score (nSPS) is 16.0. The molecule has 0 unspecified atom stereocenters. The van der Waals surface area contributed by atoms with E-state index in [-0.39, 0.29) is 18.7 Å². The van der Waals surface area contributed by atoms with Crippen LogP contribution in [0, 0.1) is 0 Å². The molecule has 0 radical (unpaired) electrons. The molecule has 0 bridgehead atoms. The van der Waals surface area contributed by atoms with E-state index in [9.17, 15) is 9.59 Å². The largest absolute Gasteiger partial charge is 0.480 e. The van der Waals surface area contributed by atoms with Gasteiger partial charge in [-0.15, -0.1) is 0 Å². The van der Waals surface area contributed by atoms with Crippen molar-refractivity contribution >= 4 is 12.0 Å². The van der Waals surface area contributed by atoms with E-state index in [0.717, 1.165) is 19.4 Å². The molecule has 0 saturated carbocycles. The Balaban J connectivity index is 2.07. The van der Waals surface area contributed by atoms with Gasteiger partial charge in [-0.1, -0.05) is 13.3 Å². The first kappa shape index (κ1) is 17.7. The minimum absolute atomic E-state index is 0.0671. The zero-order valence-corrected chi connectivity index (χ0v) is 12.7. The van der Waals surface area contributed by atoms with E-state index in [2.05, 4.69) is 12.2 Å². The number of nitrogens with zero attached hydrogens (tertiary/aromatic N) is 1. The van der Waals surface area contributed by atoms with Crippen molar-refractivity contribution in [3.63, 3.8) is 0 Å². The van der Waals surface area contributed by atoms with E-state index < -0.39 is 5.97 Å². The first-order valence-electron chi connectivity index (χ1n) is 7.57. The molecule has 122 valence electrons. The Bertz CT molecular complexity index is 316. The highest BCUT2D eigenvalue weighted by Crippen LogP contribution is 2.13. The SMILES string of the molecule is CCCCOCCNC(=O)N1CCC(OCC(=O)O)CC1. The minimum atomic E-state index is -0.960. The number of hydrogen-bond acceptors (Lipinski definition) is 4. The van der Waals surface area contributed by atoms with Crippen LogP contribution in [-0.4, -0.2) is 67.6 Å². The van der Waals surface area contributed by atoms with Crippen LogP contribution in [0.25, 0.3) is 0 Å². The Morgan fingerprint density at radius 3 is 2.62 bits per heavy atom. The van der Waals surface area contributed by atoms with E-state index >= 15 is 0 Å². The Hall–Kier alpha value is -1.34. The maximum absolute atomic E-state index is 11.9. The lowest BCUT2D eigenvalue weighted by atomic mass is 10.1. The maximum atomic E-state index is 11.9. The van der Waals surface area contributed by atoms with Gasteiger partial charge in [0.05, 0.1) is 12.7 Å². The predicted molar refractivity (Wildman–Crippen MR) is 77.3 cm³/mol. The minimum Gasteiger partial charge on any atom is -0.480 e. The number of carbonyl (C=O) groups is 2. The third-order valence-corrected chi connectivity index (χ3v) is 3.34. The van der Waals surface area contributed by atoms with Gasteiger partial charge in [0.1, 0.15) is 6.61 Å². The second kappa shape index (κ2) is 10.4. The summed E-state index contributed by atoms with van der Waals surface area (Å²) < 4.78 is 10.6. The zero-order chi connectivity index (χ0) is 15.5. The van der Waals surface area contributed by atoms with E-state index in [1.807, 2.05) is 0 Å². The van der Waals surface area contributed by atoms with E-state index in [1.54, 1.807) is 4.90 Å². The van der Waals surface area contributed by atoms with Crippen molar-refractivity contribution in [2.45, 2.75) is 38.7 Å². The van der Waals surface area contributed by atoms with Crippen LogP contribution in [0.4, 0.5) is 4.79 Å². The van der Waals surface area contributed by atoms with Gasteiger partial charge in [-0.25, -0.2) is 9.59 Å². The molecule has 1 aliphatic rings. The van der Waals surface area contributed by atoms with Gasteiger partial charge in [-0.05, 0) is 19.3 Å². The lowest BCUT2D eigenvalue weighted by Crippen LogP contribution is -2.46. The van der Waals surface area contributed by atoms with Gasteiger partial charge in [0.25, 0.3) is 0 Å². The third kappa shape index (κ3) is 7.87. The topological polar surface area (TPSA) is 88.1 Å². The van der Waals surface area contributed by atoms with Gasteiger partial charge < -0.3 is 24.8 Å². The molecular formula is C14H26N2O5. The quantitative estimate of drug-likeness (QED) is 0.622. The number of unbranched alkanes of at least 4 members (excludes halogenated alkanes) is 1. The van der Waals surface area contributed by atoms with Crippen molar-refractivity contribution in [1.82, 2.24) is 10.2 Å². The van der Waals surface area contributed by atoms with Crippen LogP contribution in [-0.2, 0) is 14.3 Å². The Morgan fingerprint density at radius 2 is 2.00 bits per heavy atom. The second-order valence-electron chi connectivity index (χ2n) is 5.09. The molecule has 7 nitrogen and oxygen atoms in total. The summed E-state index contributed by atoms with van der Waals surface area (Å²) in [5.41, 5.74) is 0. The van der Waals surface area contributed by atoms with Crippen molar-refractivity contribution in [1.29, 1.82) is 0 Å². The fourth-order valence-electron chi connectivity index (χ4n) is 2.11. The molecule has 21 heavy (non-hydrogen) atoms. The summed E-state index contributed by atoms with van der Waals surface area (Å²) in [6.45, 7) is 4.79. The van der Waals surface area contributed by atoms with Crippen molar-refractivity contribution < 1.29 is 24.2 Å². The number of likely N-dealkylation sites (tertiary alicyclic amines) is 1. The molecule has 0 aromatic rings. The molecule has 1 saturated heterocycles. The average Bonchev–Trinajstić information content (AvgIpc) is 2.49. The molecule has 0 aliphatic carbocycles. The molecule has 7 heteroatoms. The van der Waals surface area contributed by atoms with Crippen molar-refractivity contribution in [3.8, 4) is 0 Å². The number of hydrogen-bond donors (Lipinski definition) is 2. The highest BCUT2D eigenvalue weighted by atomic mass is 16.5. The van der Waals surface area contributed by atoms with Crippen LogP contribution >= 0.6 is 0 Å². The predicted octanol–water partition coefficient (Wildman–Crippen LogP) is 1.08. The number of carboxylic acids is 1. The highest BCUT2D eigenvalue weighted by Gasteiger charge is 2.23. The summed E-state index contributed by atoms with van der Waals surface area (Å²) >= 11 is 0. The average molecular weight is 302 g/mol. The Morgan fingerprint density at radius 1 is 1.29 bits per heavy atom. The number of amides is 2. The molecule has 0 aromatic carbocycles. The van der Waals surface area contributed by atoms with Crippen molar-refractivity contribution in [2.75, 3.05) is 39.5 Å². The number of aliphatic carboxylic acids is 1. The molecule has 1 rings (SSSR count). The summed E-state index contributed by atoms with van der Waals surface area (Å²) in [4.78, 5) is 24.0. The van der Waals surface area contributed by atoms with Gasteiger partial charge in [-0.2, -0.15) is 0 Å². The van der Waals surface area contributed by atoms with E-state index in [4.69, 9.17) is 14.6 Å². The first-order chi connectivity index (χ1) is 10.1. The fourth-order valence-corrected chi connectivity index (χ4v) is 2.11. The number of piperidine rings is 1. The monoisotopic (exact) mass is 302 g/mol. The number of carbonyl (C=O) groups excluding carboxylic acids is 1. The van der Waals surface area contributed by atoms with Crippen molar-refractivity contribution in [2.24, 2.45) is 0 Å². The molecule has 0 spiro atoms. The molecule has 0 atom stereocenters. The summed E-state index contributed by atoms with van der Waals surface area (Å²) in [5, 5.41) is 11.4. The molecule has 1 aliphatic heterocycles. The number of rotatable bonds is 9. The molecule has 2 N–H and O–H groups in total. The van der Waals surface area contributed by atoms with E-state index in [0.29, 0.717) is 39.1 Å². The Kier molecular flexibility index (Phi) is 8.77. The van der Waals surface area contributed by atoms with Crippen LogP contribution in [0.2, 0.25) is 0 Å². The smallest absolute Gasteiger partial charge is 0.329 e. The summed E-state index contributed by atoms with van der Waals surface area (Å²) in [6, 6.07) is -0.0919. The molecule has 1 heterocycles. The second-order valence-corrected chi connectivity index (χ2v) is 5.09. The molecule has 1 fully saturated rings. The number of urea groups is 1.